The van der Waals surface area contributed by atoms with Gasteiger partial charge in [-0.05, 0) is 42.7 Å². The maximum atomic E-state index is 11.9. The number of ether oxygens (including phenoxy) is 1. The van der Waals surface area contributed by atoms with E-state index >= 15 is 0 Å². The second-order valence-corrected chi connectivity index (χ2v) is 5.30. The molecule has 1 atom stereocenters. The fraction of sp³-hybridized carbons (Fsp3) is 0.222. The molecule has 0 saturated carbocycles. The molecule has 0 spiro atoms. The molecule has 2 N–H and O–H groups in total. The second kappa shape index (κ2) is 7.45. The minimum Gasteiger partial charge on any atom is -0.478 e. The largest absolute Gasteiger partial charge is 0.478 e. The van der Waals surface area contributed by atoms with E-state index in [0.717, 1.165) is 16.7 Å². The van der Waals surface area contributed by atoms with Crippen LogP contribution in [0, 0.1) is 6.92 Å². The molecule has 0 saturated heterocycles. The summed E-state index contributed by atoms with van der Waals surface area (Å²) < 4.78 is 5.17. The van der Waals surface area contributed by atoms with Crippen LogP contribution >= 0.6 is 0 Å². The van der Waals surface area contributed by atoms with Crippen molar-refractivity contribution in [1.29, 1.82) is 0 Å². The molecule has 5 heteroatoms. The van der Waals surface area contributed by atoms with Gasteiger partial charge < -0.3 is 15.2 Å². The van der Waals surface area contributed by atoms with Crippen LogP contribution in [0.5, 0.6) is 0 Å². The van der Waals surface area contributed by atoms with E-state index in [-0.39, 0.29) is 18.2 Å². The first-order chi connectivity index (χ1) is 11.0. The summed E-state index contributed by atoms with van der Waals surface area (Å²) in [6.45, 7) is 3.85. The van der Waals surface area contributed by atoms with Crippen LogP contribution in [0.3, 0.4) is 0 Å². The lowest BCUT2D eigenvalue weighted by molar-refractivity contribution is 0.0696. The number of aromatic carboxylic acids is 1. The minimum atomic E-state index is -0.995. The molecule has 1 amide bonds. The number of nitrogens with one attached hydrogen (secondary N) is 1. The summed E-state index contributed by atoms with van der Waals surface area (Å²) in [6, 6.07) is 13.9. The predicted molar refractivity (Wildman–Crippen MR) is 86.3 cm³/mol. The monoisotopic (exact) mass is 313 g/mol. The molecule has 120 valence electrons. The molecule has 0 aliphatic carbocycles. The van der Waals surface area contributed by atoms with Crippen LogP contribution in [-0.2, 0) is 11.3 Å². The van der Waals surface area contributed by atoms with E-state index in [1.807, 2.05) is 37.3 Å². The molecular formula is C18H19NO4. The predicted octanol–water partition coefficient (Wildman–Crippen LogP) is 3.68. The smallest absolute Gasteiger partial charge is 0.407 e. The summed E-state index contributed by atoms with van der Waals surface area (Å²) in [7, 11) is 0. The number of carbonyl (C=O) groups excluding carboxylic acids is 1. The first-order valence-electron chi connectivity index (χ1n) is 7.28. The SMILES string of the molecule is Cc1ccc(C(=O)O)cc1C(C)NC(=O)OCc1ccccc1. The van der Waals surface area contributed by atoms with Crippen molar-refractivity contribution in [1.82, 2.24) is 5.32 Å². The van der Waals surface area contributed by atoms with Gasteiger partial charge >= 0.3 is 12.1 Å². The summed E-state index contributed by atoms with van der Waals surface area (Å²) in [5, 5.41) is 11.8. The van der Waals surface area contributed by atoms with E-state index in [1.54, 1.807) is 25.1 Å². The number of amides is 1. The second-order valence-electron chi connectivity index (χ2n) is 5.30. The van der Waals surface area contributed by atoms with Crippen LogP contribution < -0.4 is 5.32 Å². The Morgan fingerprint density at radius 1 is 1.17 bits per heavy atom. The molecule has 2 rings (SSSR count). The van der Waals surface area contributed by atoms with Gasteiger partial charge in [0.25, 0.3) is 0 Å². The van der Waals surface area contributed by atoms with Crippen molar-refractivity contribution in [2.24, 2.45) is 0 Å². The molecule has 2 aromatic carbocycles. The zero-order valence-electron chi connectivity index (χ0n) is 13.1. The first-order valence-corrected chi connectivity index (χ1v) is 7.28. The third kappa shape index (κ3) is 4.57. The number of aryl methyl sites for hydroxylation is 1. The standard InChI is InChI=1S/C18H19NO4/c1-12-8-9-15(17(20)21)10-16(12)13(2)19-18(22)23-11-14-6-4-3-5-7-14/h3-10,13H,11H2,1-2H3,(H,19,22)(H,20,21). The zero-order valence-corrected chi connectivity index (χ0v) is 13.1. The maximum Gasteiger partial charge on any atom is 0.407 e. The Bertz CT molecular complexity index is 697. The van der Waals surface area contributed by atoms with Crippen LogP contribution in [0.15, 0.2) is 48.5 Å². The summed E-state index contributed by atoms with van der Waals surface area (Å²) in [6.07, 6.45) is -0.540. The highest BCUT2D eigenvalue weighted by atomic mass is 16.5. The number of rotatable bonds is 5. The summed E-state index contributed by atoms with van der Waals surface area (Å²) in [5.74, 6) is -0.995. The normalized spacial score (nSPS) is 11.6. The Balaban J connectivity index is 1.98. The van der Waals surface area contributed by atoms with E-state index in [1.165, 1.54) is 0 Å². The molecule has 1 unspecified atom stereocenters. The third-order valence-electron chi connectivity index (χ3n) is 3.54. The average molecular weight is 313 g/mol. The number of hydrogen-bond acceptors (Lipinski definition) is 3. The van der Waals surface area contributed by atoms with Crippen molar-refractivity contribution in [2.45, 2.75) is 26.5 Å². The fourth-order valence-electron chi connectivity index (χ4n) is 2.26. The van der Waals surface area contributed by atoms with Crippen LogP contribution in [0.2, 0.25) is 0 Å². The maximum absolute atomic E-state index is 11.9. The van der Waals surface area contributed by atoms with Gasteiger partial charge in [0, 0.05) is 0 Å². The van der Waals surface area contributed by atoms with E-state index in [4.69, 9.17) is 9.84 Å². The summed E-state index contributed by atoms with van der Waals surface area (Å²) >= 11 is 0. The van der Waals surface area contributed by atoms with E-state index < -0.39 is 12.1 Å². The van der Waals surface area contributed by atoms with Gasteiger partial charge in [-0.1, -0.05) is 36.4 Å². The van der Waals surface area contributed by atoms with Crippen LogP contribution in [-0.4, -0.2) is 17.2 Å². The van der Waals surface area contributed by atoms with Crippen molar-refractivity contribution in [3.8, 4) is 0 Å². The fourth-order valence-corrected chi connectivity index (χ4v) is 2.26. The highest BCUT2D eigenvalue weighted by molar-refractivity contribution is 5.88. The molecule has 5 nitrogen and oxygen atoms in total. The number of hydrogen-bond donors (Lipinski definition) is 2. The van der Waals surface area contributed by atoms with E-state index in [9.17, 15) is 9.59 Å². The molecule has 2 aromatic rings. The Hall–Kier alpha value is -2.82. The molecule has 0 heterocycles. The lowest BCUT2D eigenvalue weighted by Gasteiger charge is -2.17. The van der Waals surface area contributed by atoms with Crippen LogP contribution in [0.1, 0.15) is 40.0 Å². The van der Waals surface area contributed by atoms with E-state index in [0.29, 0.717) is 0 Å². The van der Waals surface area contributed by atoms with Gasteiger partial charge in [-0.15, -0.1) is 0 Å². The van der Waals surface area contributed by atoms with Crippen molar-refractivity contribution in [3.63, 3.8) is 0 Å². The van der Waals surface area contributed by atoms with Gasteiger partial charge in [0.1, 0.15) is 6.61 Å². The Morgan fingerprint density at radius 2 is 1.87 bits per heavy atom. The third-order valence-corrected chi connectivity index (χ3v) is 3.54. The number of carbonyl (C=O) groups is 2. The first kappa shape index (κ1) is 16.5. The summed E-state index contributed by atoms with van der Waals surface area (Å²) in [5.41, 5.74) is 2.75. The lowest BCUT2D eigenvalue weighted by Crippen LogP contribution is -2.27. The molecule has 0 bridgehead atoms. The van der Waals surface area contributed by atoms with E-state index in [2.05, 4.69) is 5.32 Å². The van der Waals surface area contributed by atoms with Crippen molar-refractivity contribution in [2.75, 3.05) is 0 Å². The Labute approximate surface area is 134 Å². The number of carboxylic acids is 1. The van der Waals surface area contributed by atoms with Gasteiger partial charge in [-0.3, -0.25) is 0 Å². The van der Waals surface area contributed by atoms with Gasteiger partial charge in [-0.25, -0.2) is 9.59 Å². The molecule has 0 aromatic heterocycles. The zero-order chi connectivity index (χ0) is 16.8. The van der Waals surface area contributed by atoms with Crippen LogP contribution in [0.4, 0.5) is 4.79 Å². The van der Waals surface area contributed by atoms with Crippen LogP contribution in [0.25, 0.3) is 0 Å². The topological polar surface area (TPSA) is 75.6 Å². The Morgan fingerprint density at radius 3 is 2.52 bits per heavy atom. The molecule has 0 fully saturated rings. The molecule has 0 radical (unpaired) electrons. The van der Waals surface area contributed by atoms with Crippen molar-refractivity contribution < 1.29 is 19.4 Å². The van der Waals surface area contributed by atoms with Crippen molar-refractivity contribution >= 4 is 12.1 Å². The highest BCUT2D eigenvalue weighted by Gasteiger charge is 2.15. The van der Waals surface area contributed by atoms with Gasteiger partial charge in [0.2, 0.25) is 0 Å². The number of carboxylic acid groups (broad SMARTS) is 1. The molecular weight excluding hydrogens is 294 g/mol. The molecule has 0 aliphatic rings. The van der Waals surface area contributed by atoms with Gasteiger partial charge in [0.05, 0.1) is 11.6 Å². The van der Waals surface area contributed by atoms with Crippen molar-refractivity contribution in [3.05, 3.63) is 70.8 Å². The number of benzene rings is 2. The summed E-state index contributed by atoms with van der Waals surface area (Å²) in [4.78, 5) is 22.9. The number of alkyl carbamates (subject to hydrolysis) is 1. The van der Waals surface area contributed by atoms with Gasteiger partial charge in [-0.2, -0.15) is 0 Å². The minimum absolute atomic E-state index is 0.188. The molecule has 0 aliphatic heterocycles. The quantitative estimate of drug-likeness (QED) is 0.883. The Kier molecular flexibility index (Phi) is 5.36. The molecule has 23 heavy (non-hydrogen) atoms. The highest BCUT2D eigenvalue weighted by Crippen LogP contribution is 2.19. The van der Waals surface area contributed by atoms with Gasteiger partial charge in [0.15, 0.2) is 0 Å². The average Bonchev–Trinajstić information content (AvgIpc) is 2.54. The lowest BCUT2D eigenvalue weighted by atomic mass is 9.99.